The molecule has 0 aliphatic carbocycles. The monoisotopic (exact) mass is 266 g/mol. The predicted molar refractivity (Wildman–Crippen MR) is 74.7 cm³/mol. The summed E-state index contributed by atoms with van der Waals surface area (Å²) in [7, 11) is 0. The Hall–Kier alpha value is -0.650. The molecule has 3 aliphatic heterocycles. The van der Waals surface area contributed by atoms with Crippen LogP contribution in [0.5, 0.6) is 0 Å². The fourth-order valence-corrected chi connectivity index (χ4v) is 3.95. The van der Waals surface area contributed by atoms with Gasteiger partial charge in [-0.3, -0.25) is 9.69 Å². The lowest BCUT2D eigenvalue weighted by Crippen LogP contribution is -2.51. The van der Waals surface area contributed by atoms with Crippen LogP contribution in [0, 0.1) is 5.92 Å². The second-order valence-electron chi connectivity index (χ2n) is 6.43. The standard InChI is InChI=1S/C14H26N4O/c15-14(19)10-18-6-2-12(3-7-18)16-13-4-8-17-5-1-11(13)9-17/h11-13,16H,1-10H2,(H2,15,19). The Kier molecular flexibility index (Phi) is 4.05. The number of carbonyl (C=O) groups is 1. The average Bonchev–Trinajstić information content (AvgIpc) is 2.77. The number of nitrogens with two attached hydrogens (primary N) is 1. The van der Waals surface area contributed by atoms with Gasteiger partial charge in [0.15, 0.2) is 0 Å². The molecule has 3 atom stereocenters. The van der Waals surface area contributed by atoms with Crippen molar-refractivity contribution in [3.63, 3.8) is 0 Å². The molecule has 0 aromatic heterocycles. The molecular weight excluding hydrogens is 240 g/mol. The summed E-state index contributed by atoms with van der Waals surface area (Å²) in [6, 6.07) is 1.37. The molecule has 5 nitrogen and oxygen atoms in total. The zero-order valence-corrected chi connectivity index (χ0v) is 11.7. The topological polar surface area (TPSA) is 61.6 Å². The van der Waals surface area contributed by atoms with Gasteiger partial charge in [-0.2, -0.15) is 0 Å². The second-order valence-corrected chi connectivity index (χ2v) is 6.43. The van der Waals surface area contributed by atoms with Crippen LogP contribution in [0.2, 0.25) is 0 Å². The van der Waals surface area contributed by atoms with Gasteiger partial charge in [-0.05, 0) is 44.7 Å². The fourth-order valence-electron chi connectivity index (χ4n) is 3.95. The molecule has 0 saturated carbocycles. The zero-order valence-electron chi connectivity index (χ0n) is 11.7. The number of hydrogen-bond donors (Lipinski definition) is 2. The Balaban J connectivity index is 1.43. The van der Waals surface area contributed by atoms with Crippen LogP contribution < -0.4 is 11.1 Å². The lowest BCUT2D eigenvalue weighted by Gasteiger charge is -2.37. The number of amides is 1. The van der Waals surface area contributed by atoms with Crippen LogP contribution in [-0.2, 0) is 4.79 Å². The van der Waals surface area contributed by atoms with Crippen molar-refractivity contribution in [3.05, 3.63) is 0 Å². The van der Waals surface area contributed by atoms with E-state index in [2.05, 4.69) is 15.1 Å². The molecule has 0 radical (unpaired) electrons. The Morgan fingerprint density at radius 2 is 1.84 bits per heavy atom. The van der Waals surface area contributed by atoms with Gasteiger partial charge in [0.1, 0.15) is 0 Å². The van der Waals surface area contributed by atoms with E-state index in [0.29, 0.717) is 12.6 Å². The summed E-state index contributed by atoms with van der Waals surface area (Å²) < 4.78 is 0. The minimum Gasteiger partial charge on any atom is -0.369 e. The predicted octanol–water partition coefficient (Wildman–Crippen LogP) is -0.380. The number of piperidine rings is 2. The number of likely N-dealkylation sites (tertiary alicyclic amines) is 1. The van der Waals surface area contributed by atoms with Crippen LogP contribution in [0.25, 0.3) is 0 Å². The van der Waals surface area contributed by atoms with Gasteiger partial charge in [0.2, 0.25) is 5.91 Å². The summed E-state index contributed by atoms with van der Waals surface area (Å²) in [6.07, 6.45) is 4.99. The minimum atomic E-state index is -0.204. The lowest BCUT2D eigenvalue weighted by atomic mass is 9.92. The maximum Gasteiger partial charge on any atom is 0.231 e. The first kappa shape index (κ1) is 13.3. The molecular formula is C14H26N4O. The smallest absolute Gasteiger partial charge is 0.231 e. The molecule has 5 heteroatoms. The number of fused-ring (bicyclic) bond motifs is 2. The highest BCUT2D eigenvalue weighted by Gasteiger charge is 2.35. The SMILES string of the molecule is NC(=O)CN1CCC(NC2CCN3CCC2C3)CC1. The van der Waals surface area contributed by atoms with Gasteiger partial charge in [0.25, 0.3) is 0 Å². The van der Waals surface area contributed by atoms with Gasteiger partial charge < -0.3 is 16.0 Å². The second kappa shape index (κ2) is 5.77. The highest BCUT2D eigenvalue weighted by molar-refractivity contribution is 5.75. The van der Waals surface area contributed by atoms with Crippen LogP contribution in [0.15, 0.2) is 0 Å². The largest absolute Gasteiger partial charge is 0.369 e. The molecule has 2 bridgehead atoms. The first-order valence-corrected chi connectivity index (χ1v) is 7.70. The Morgan fingerprint density at radius 3 is 2.58 bits per heavy atom. The summed E-state index contributed by atoms with van der Waals surface area (Å²) in [5, 5.41) is 3.89. The lowest BCUT2D eigenvalue weighted by molar-refractivity contribution is -0.119. The number of nitrogens with zero attached hydrogens (tertiary/aromatic N) is 2. The molecule has 3 saturated heterocycles. The van der Waals surface area contributed by atoms with Crippen molar-refractivity contribution in [1.82, 2.24) is 15.1 Å². The third-order valence-corrected chi connectivity index (χ3v) is 5.05. The Bertz CT molecular complexity index is 327. The first-order valence-electron chi connectivity index (χ1n) is 7.70. The zero-order chi connectivity index (χ0) is 13.2. The number of rotatable bonds is 4. The van der Waals surface area contributed by atoms with Crippen LogP contribution in [0.3, 0.4) is 0 Å². The van der Waals surface area contributed by atoms with Gasteiger partial charge >= 0.3 is 0 Å². The maximum atomic E-state index is 10.9. The molecule has 3 rings (SSSR count). The molecule has 3 unspecified atom stereocenters. The molecule has 108 valence electrons. The molecule has 3 heterocycles. The van der Waals surface area contributed by atoms with Crippen LogP contribution >= 0.6 is 0 Å². The highest BCUT2D eigenvalue weighted by Crippen LogP contribution is 2.28. The van der Waals surface area contributed by atoms with Crippen molar-refractivity contribution in [2.75, 3.05) is 39.3 Å². The maximum absolute atomic E-state index is 10.9. The first-order chi connectivity index (χ1) is 9.20. The van der Waals surface area contributed by atoms with E-state index in [1.54, 1.807) is 0 Å². The molecule has 3 fully saturated rings. The number of hydrogen-bond acceptors (Lipinski definition) is 4. The van der Waals surface area contributed by atoms with Gasteiger partial charge in [0.05, 0.1) is 6.54 Å². The molecule has 19 heavy (non-hydrogen) atoms. The molecule has 0 aromatic carbocycles. The average molecular weight is 266 g/mol. The normalized spacial score (nSPS) is 36.5. The van der Waals surface area contributed by atoms with Crippen molar-refractivity contribution in [3.8, 4) is 0 Å². The van der Waals surface area contributed by atoms with Crippen molar-refractivity contribution < 1.29 is 4.79 Å². The van der Waals surface area contributed by atoms with E-state index < -0.39 is 0 Å². The van der Waals surface area contributed by atoms with Gasteiger partial charge in [-0.25, -0.2) is 0 Å². The minimum absolute atomic E-state index is 0.204. The van der Waals surface area contributed by atoms with Crippen LogP contribution in [0.4, 0.5) is 0 Å². The molecule has 3 N–H and O–H groups in total. The van der Waals surface area contributed by atoms with Crippen molar-refractivity contribution in [2.45, 2.75) is 37.8 Å². The van der Waals surface area contributed by atoms with Crippen LogP contribution in [0.1, 0.15) is 25.7 Å². The van der Waals surface area contributed by atoms with E-state index in [4.69, 9.17) is 5.73 Å². The third-order valence-electron chi connectivity index (χ3n) is 5.05. The number of nitrogens with one attached hydrogen (secondary N) is 1. The summed E-state index contributed by atoms with van der Waals surface area (Å²) in [5.74, 6) is 0.669. The summed E-state index contributed by atoms with van der Waals surface area (Å²) >= 11 is 0. The highest BCUT2D eigenvalue weighted by atomic mass is 16.1. The molecule has 1 amide bonds. The number of carbonyl (C=O) groups excluding carboxylic acids is 1. The molecule has 3 aliphatic rings. The van der Waals surface area contributed by atoms with E-state index in [1.807, 2.05) is 0 Å². The van der Waals surface area contributed by atoms with E-state index in [9.17, 15) is 4.79 Å². The van der Waals surface area contributed by atoms with Crippen molar-refractivity contribution >= 4 is 5.91 Å². The van der Waals surface area contributed by atoms with Gasteiger partial charge in [0, 0.05) is 31.7 Å². The Labute approximate surface area is 115 Å². The quantitative estimate of drug-likeness (QED) is 0.728. The number of primary amides is 1. The van der Waals surface area contributed by atoms with E-state index in [1.165, 1.54) is 32.5 Å². The molecule has 0 spiro atoms. The summed E-state index contributed by atoms with van der Waals surface area (Å²) in [5.41, 5.74) is 5.25. The van der Waals surface area contributed by atoms with E-state index >= 15 is 0 Å². The van der Waals surface area contributed by atoms with Crippen molar-refractivity contribution in [1.29, 1.82) is 0 Å². The fraction of sp³-hybridized carbons (Fsp3) is 0.929. The van der Waals surface area contributed by atoms with Crippen LogP contribution in [-0.4, -0.2) is 67.1 Å². The van der Waals surface area contributed by atoms with E-state index in [-0.39, 0.29) is 5.91 Å². The van der Waals surface area contributed by atoms with E-state index in [0.717, 1.165) is 37.9 Å². The molecule has 0 aromatic rings. The van der Waals surface area contributed by atoms with Gasteiger partial charge in [-0.1, -0.05) is 0 Å². The summed E-state index contributed by atoms with van der Waals surface area (Å²) in [4.78, 5) is 15.7. The van der Waals surface area contributed by atoms with Gasteiger partial charge in [-0.15, -0.1) is 0 Å². The third kappa shape index (κ3) is 3.27. The van der Waals surface area contributed by atoms with Crippen molar-refractivity contribution in [2.24, 2.45) is 11.7 Å². The summed E-state index contributed by atoms with van der Waals surface area (Å²) in [6.45, 7) is 6.31. The Morgan fingerprint density at radius 1 is 1.11 bits per heavy atom.